The largest absolute Gasteiger partial charge is 0.462 e. The van der Waals surface area contributed by atoms with Crippen LogP contribution in [-0.4, -0.2) is 39.0 Å². The van der Waals surface area contributed by atoms with Crippen LogP contribution in [0.3, 0.4) is 0 Å². The lowest BCUT2D eigenvalue weighted by molar-refractivity contribution is -0.113. The molecule has 3 aromatic rings. The fraction of sp³-hybridized carbons (Fsp3) is 0.333. The Bertz CT molecular complexity index is 1020. The van der Waals surface area contributed by atoms with Gasteiger partial charge < -0.3 is 14.6 Å². The number of ether oxygens (including phenoxy) is 1. The number of amides is 1. The summed E-state index contributed by atoms with van der Waals surface area (Å²) in [7, 11) is 0. The third-order valence-electron chi connectivity index (χ3n) is 4.78. The van der Waals surface area contributed by atoms with E-state index in [-0.39, 0.29) is 17.6 Å². The SMILES string of the molecule is CCCCOC(=O)c1ccc(NC(=O)CSc2nnc(Cc3ccccc3)n2CC)cc1. The van der Waals surface area contributed by atoms with Crippen LogP contribution in [0.5, 0.6) is 0 Å². The van der Waals surface area contributed by atoms with Crippen molar-refractivity contribution in [3.8, 4) is 0 Å². The Morgan fingerprint density at radius 1 is 1.03 bits per heavy atom. The van der Waals surface area contributed by atoms with E-state index in [1.165, 1.54) is 17.3 Å². The molecule has 0 atom stereocenters. The van der Waals surface area contributed by atoms with Gasteiger partial charge in [0.25, 0.3) is 0 Å². The van der Waals surface area contributed by atoms with Gasteiger partial charge in [-0.15, -0.1) is 10.2 Å². The molecule has 1 aromatic heterocycles. The minimum absolute atomic E-state index is 0.150. The number of nitrogens with one attached hydrogen (secondary N) is 1. The molecule has 3 rings (SSSR count). The lowest BCUT2D eigenvalue weighted by Crippen LogP contribution is -2.15. The van der Waals surface area contributed by atoms with Crippen molar-refractivity contribution in [2.24, 2.45) is 0 Å². The van der Waals surface area contributed by atoms with E-state index in [2.05, 4.69) is 27.6 Å². The van der Waals surface area contributed by atoms with Crippen molar-refractivity contribution in [3.05, 3.63) is 71.5 Å². The first-order chi connectivity index (χ1) is 15.6. The van der Waals surface area contributed by atoms with Gasteiger partial charge in [-0.3, -0.25) is 4.79 Å². The molecule has 0 saturated heterocycles. The molecule has 0 bridgehead atoms. The van der Waals surface area contributed by atoms with E-state index >= 15 is 0 Å². The second-order valence-corrected chi connectivity index (χ2v) is 8.15. The van der Waals surface area contributed by atoms with Crippen molar-refractivity contribution >= 4 is 29.3 Å². The topological polar surface area (TPSA) is 86.1 Å². The maximum Gasteiger partial charge on any atom is 0.338 e. The Morgan fingerprint density at radius 2 is 1.78 bits per heavy atom. The van der Waals surface area contributed by atoms with Crippen molar-refractivity contribution in [2.45, 2.75) is 44.8 Å². The molecule has 0 radical (unpaired) electrons. The van der Waals surface area contributed by atoms with E-state index in [4.69, 9.17) is 4.74 Å². The summed E-state index contributed by atoms with van der Waals surface area (Å²) < 4.78 is 7.23. The zero-order valence-electron chi connectivity index (χ0n) is 18.4. The first kappa shape index (κ1) is 23.5. The normalized spacial score (nSPS) is 10.7. The van der Waals surface area contributed by atoms with Crippen LogP contribution in [0.25, 0.3) is 0 Å². The van der Waals surface area contributed by atoms with Gasteiger partial charge in [-0.05, 0) is 43.2 Å². The first-order valence-electron chi connectivity index (χ1n) is 10.8. The predicted octanol–water partition coefficient (Wildman–Crippen LogP) is 4.58. The third kappa shape index (κ3) is 6.68. The summed E-state index contributed by atoms with van der Waals surface area (Å²) in [5.41, 5.74) is 2.26. The summed E-state index contributed by atoms with van der Waals surface area (Å²) in [4.78, 5) is 24.4. The molecular formula is C24H28N4O3S. The predicted molar refractivity (Wildman–Crippen MR) is 126 cm³/mol. The molecule has 1 heterocycles. The molecule has 7 nitrogen and oxygen atoms in total. The average Bonchev–Trinajstić information content (AvgIpc) is 3.20. The Balaban J connectivity index is 1.52. The number of hydrogen-bond acceptors (Lipinski definition) is 6. The van der Waals surface area contributed by atoms with Gasteiger partial charge in [-0.2, -0.15) is 0 Å². The van der Waals surface area contributed by atoms with Gasteiger partial charge in [0.2, 0.25) is 5.91 Å². The molecule has 1 N–H and O–H groups in total. The van der Waals surface area contributed by atoms with Gasteiger partial charge in [0.1, 0.15) is 5.82 Å². The quantitative estimate of drug-likeness (QED) is 0.260. The van der Waals surface area contributed by atoms with Crippen LogP contribution in [0, 0.1) is 0 Å². The van der Waals surface area contributed by atoms with Crippen LogP contribution < -0.4 is 5.32 Å². The molecule has 0 aliphatic heterocycles. The Morgan fingerprint density at radius 3 is 2.47 bits per heavy atom. The van der Waals surface area contributed by atoms with Gasteiger partial charge in [-0.1, -0.05) is 55.4 Å². The highest BCUT2D eigenvalue weighted by Gasteiger charge is 2.14. The smallest absolute Gasteiger partial charge is 0.338 e. The Kier molecular flexibility index (Phi) is 8.86. The Labute approximate surface area is 192 Å². The van der Waals surface area contributed by atoms with Gasteiger partial charge in [-0.25, -0.2) is 4.79 Å². The minimum Gasteiger partial charge on any atom is -0.462 e. The lowest BCUT2D eigenvalue weighted by atomic mass is 10.1. The van der Waals surface area contributed by atoms with Gasteiger partial charge in [0, 0.05) is 18.7 Å². The molecule has 0 fully saturated rings. The van der Waals surface area contributed by atoms with E-state index < -0.39 is 0 Å². The van der Waals surface area contributed by atoms with Crippen molar-refractivity contribution in [1.82, 2.24) is 14.8 Å². The zero-order valence-corrected chi connectivity index (χ0v) is 19.2. The van der Waals surface area contributed by atoms with E-state index in [0.717, 1.165) is 30.4 Å². The summed E-state index contributed by atoms with van der Waals surface area (Å²) in [6, 6.07) is 16.8. The second kappa shape index (κ2) is 12.0. The molecule has 1 amide bonds. The molecule has 0 spiro atoms. The molecule has 32 heavy (non-hydrogen) atoms. The number of anilines is 1. The number of aromatic nitrogens is 3. The maximum absolute atomic E-state index is 12.4. The highest BCUT2D eigenvalue weighted by atomic mass is 32.2. The lowest BCUT2D eigenvalue weighted by Gasteiger charge is -2.08. The fourth-order valence-corrected chi connectivity index (χ4v) is 3.88. The molecule has 2 aromatic carbocycles. The number of carbonyl (C=O) groups is 2. The average molecular weight is 453 g/mol. The van der Waals surface area contributed by atoms with Crippen LogP contribution in [0.4, 0.5) is 5.69 Å². The molecule has 0 aliphatic carbocycles. The van der Waals surface area contributed by atoms with Crippen molar-refractivity contribution in [1.29, 1.82) is 0 Å². The number of rotatable bonds is 11. The second-order valence-electron chi connectivity index (χ2n) is 7.21. The monoisotopic (exact) mass is 452 g/mol. The van der Waals surface area contributed by atoms with E-state index in [1.54, 1.807) is 24.3 Å². The van der Waals surface area contributed by atoms with Gasteiger partial charge in [0.15, 0.2) is 5.16 Å². The minimum atomic E-state index is -0.350. The highest BCUT2D eigenvalue weighted by Crippen LogP contribution is 2.19. The molecule has 0 unspecified atom stereocenters. The van der Waals surface area contributed by atoms with E-state index in [1.807, 2.05) is 36.6 Å². The summed E-state index contributed by atoms with van der Waals surface area (Å²) in [6.07, 6.45) is 2.51. The number of thioether (sulfide) groups is 1. The van der Waals surface area contributed by atoms with Crippen LogP contribution in [-0.2, 0) is 22.5 Å². The molecule has 168 valence electrons. The van der Waals surface area contributed by atoms with Crippen LogP contribution in [0.15, 0.2) is 59.8 Å². The van der Waals surface area contributed by atoms with Crippen LogP contribution >= 0.6 is 11.8 Å². The summed E-state index contributed by atoms with van der Waals surface area (Å²) in [6.45, 7) is 5.23. The summed E-state index contributed by atoms with van der Waals surface area (Å²) >= 11 is 1.35. The summed E-state index contributed by atoms with van der Waals surface area (Å²) in [5.74, 6) is 0.591. The number of carbonyl (C=O) groups excluding carboxylic acids is 2. The number of nitrogens with zero attached hydrogens (tertiary/aromatic N) is 3. The van der Waals surface area contributed by atoms with E-state index in [9.17, 15) is 9.59 Å². The van der Waals surface area contributed by atoms with Gasteiger partial charge in [0.05, 0.1) is 17.9 Å². The number of esters is 1. The molecule has 8 heteroatoms. The van der Waals surface area contributed by atoms with Gasteiger partial charge >= 0.3 is 5.97 Å². The van der Waals surface area contributed by atoms with Crippen LogP contribution in [0.2, 0.25) is 0 Å². The van der Waals surface area contributed by atoms with Crippen molar-refractivity contribution in [3.63, 3.8) is 0 Å². The van der Waals surface area contributed by atoms with E-state index in [0.29, 0.717) is 24.3 Å². The van der Waals surface area contributed by atoms with Crippen molar-refractivity contribution < 1.29 is 14.3 Å². The number of unbranched alkanes of at least 4 members (excludes halogenated alkanes) is 1. The molecular weight excluding hydrogens is 424 g/mol. The number of benzene rings is 2. The zero-order chi connectivity index (χ0) is 22.8. The Hall–Kier alpha value is -3.13. The standard InChI is InChI=1S/C24H28N4O3S/c1-3-5-15-31-23(30)19-11-13-20(14-12-19)25-22(29)17-32-24-27-26-21(28(24)4-2)16-18-9-7-6-8-10-18/h6-14H,3-5,15-17H2,1-2H3,(H,25,29). The fourth-order valence-electron chi connectivity index (χ4n) is 3.06. The van der Waals surface area contributed by atoms with Crippen molar-refractivity contribution in [2.75, 3.05) is 17.7 Å². The van der Waals surface area contributed by atoms with Crippen LogP contribution in [0.1, 0.15) is 48.4 Å². The number of hydrogen-bond donors (Lipinski definition) is 1. The molecule has 0 aliphatic rings. The first-order valence-corrected chi connectivity index (χ1v) is 11.7. The third-order valence-corrected chi connectivity index (χ3v) is 5.75. The maximum atomic E-state index is 12.4. The highest BCUT2D eigenvalue weighted by molar-refractivity contribution is 7.99. The molecule has 0 saturated carbocycles. The summed E-state index contributed by atoms with van der Waals surface area (Å²) in [5, 5.41) is 12.1.